The zero-order chi connectivity index (χ0) is 17.7. The van der Waals surface area contributed by atoms with Crippen molar-refractivity contribution >= 4 is 5.97 Å². The van der Waals surface area contributed by atoms with Crippen LogP contribution in [0.4, 0.5) is 0 Å². The summed E-state index contributed by atoms with van der Waals surface area (Å²) in [7, 11) is 0. The Bertz CT molecular complexity index is 672. The van der Waals surface area contributed by atoms with E-state index in [9.17, 15) is 15.0 Å². The van der Waals surface area contributed by atoms with E-state index in [1.54, 1.807) is 24.3 Å². The van der Waals surface area contributed by atoms with Gasteiger partial charge >= 0.3 is 5.97 Å². The van der Waals surface area contributed by atoms with Gasteiger partial charge in [-0.15, -0.1) is 0 Å². The Hall–Kier alpha value is -2.49. The van der Waals surface area contributed by atoms with E-state index in [0.29, 0.717) is 12.2 Å². The lowest BCUT2D eigenvalue weighted by atomic mass is 9.79. The molecule has 0 heterocycles. The van der Waals surface area contributed by atoms with E-state index < -0.39 is 5.41 Å². The first-order valence-electron chi connectivity index (χ1n) is 8.12. The number of carbonyl (C=O) groups is 1. The summed E-state index contributed by atoms with van der Waals surface area (Å²) < 4.78 is 5.44. The number of aromatic hydroxyl groups is 2. The van der Waals surface area contributed by atoms with Crippen LogP contribution < -0.4 is 4.74 Å². The third kappa shape index (κ3) is 4.51. The van der Waals surface area contributed by atoms with Crippen LogP contribution >= 0.6 is 0 Å². The highest BCUT2D eigenvalue weighted by atomic mass is 16.5. The Labute approximate surface area is 142 Å². The van der Waals surface area contributed by atoms with Gasteiger partial charge in [-0.2, -0.15) is 0 Å². The van der Waals surface area contributed by atoms with E-state index in [4.69, 9.17) is 4.74 Å². The molecular weight excluding hydrogens is 304 g/mol. The molecule has 1 unspecified atom stereocenters. The third-order valence-electron chi connectivity index (χ3n) is 4.21. The molecule has 2 rings (SSSR count). The summed E-state index contributed by atoms with van der Waals surface area (Å²) in [5, 5.41) is 18.7. The number of esters is 1. The predicted molar refractivity (Wildman–Crippen MR) is 93.3 cm³/mol. The van der Waals surface area contributed by atoms with Crippen LogP contribution in [-0.2, 0) is 4.79 Å². The number of carbonyl (C=O) groups excluding carboxylic acids is 1. The van der Waals surface area contributed by atoms with E-state index in [1.807, 2.05) is 26.0 Å². The van der Waals surface area contributed by atoms with Crippen molar-refractivity contribution in [3.8, 4) is 17.2 Å². The number of ether oxygens (including phenoxy) is 1. The molecule has 0 saturated carbocycles. The molecule has 0 spiro atoms. The maximum Gasteiger partial charge on any atom is 0.316 e. The Morgan fingerprint density at radius 3 is 2.00 bits per heavy atom. The van der Waals surface area contributed by atoms with Gasteiger partial charge in [0.15, 0.2) is 0 Å². The molecule has 0 fully saturated rings. The molecule has 128 valence electrons. The van der Waals surface area contributed by atoms with Crippen LogP contribution in [-0.4, -0.2) is 16.2 Å². The van der Waals surface area contributed by atoms with Crippen LogP contribution in [0.2, 0.25) is 0 Å². The van der Waals surface area contributed by atoms with Gasteiger partial charge in [0, 0.05) is 0 Å². The second kappa shape index (κ2) is 7.39. The smallest absolute Gasteiger partial charge is 0.316 e. The molecule has 0 aromatic heterocycles. The van der Waals surface area contributed by atoms with Crippen molar-refractivity contribution in [2.45, 2.75) is 39.5 Å². The number of phenols is 2. The average Bonchev–Trinajstić information content (AvgIpc) is 2.55. The van der Waals surface area contributed by atoms with Crippen molar-refractivity contribution in [2.24, 2.45) is 5.41 Å². The zero-order valence-corrected chi connectivity index (χ0v) is 14.3. The van der Waals surface area contributed by atoms with E-state index >= 15 is 0 Å². The van der Waals surface area contributed by atoms with Gasteiger partial charge in [-0.3, -0.25) is 4.79 Å². The SMILES string of the molecule is CCC(CC(C)(C)C(=O)Oc1ccc(O)cc1)c1ccc(O)cc1. The Morgan fingerprint density at radius 1 is 1.00 bits per heavy atom. The van der Waals surface area contributed by atoms with Crippen molar-refractivity contribution < 1.29 is 19.7 Å². The van der Waals surface area contributed by atoms with Gasteiger partial charge in [0.2, 0.25) is 0 Å². The summed E-state index contributed by atoms with van der Waals surface area (Å²) >= 11 is 0. The summed E-state index contributed by atoms with van der Waals surface area (Å²) in [6.07, 6.45) is 1.53. The molecule has 24 heavy (non-hydrogen) atoms. The summed E-state index contributed by atoms with van der Waals surface area (Å²) in [4.78, 5) is 12.5. The summed E-state index contributed by atoms with van der Waals surface area (Å²) in [5.74, 6) is 0.689. The maximum absolute atomic E-state index is 12.5. The van der Waals surface area contributed by atoms with Crippen LogP contribution in [0.25, 0.3) is 0 Å². The van der Waals surface area contributed by atoms with Crippen LogP contribution in [0.5, 0.6) is 17.2 Å². The minimum atomic E-state index is -0.656. The van der Waals surface area contributed by atoms with Crippen LogP contribution in [0.15, 0.2) is 48.5 Å². The summed E-state index contributed by atoms with van der Waals surface area (Å²) in [6.45, 7) is 5.83. The van der Waals surface area contributed by atoms with Crippen LogP contribution in [0, 0.1) is 5.41 Å². The van der Waals surface area contributed by atoms with E-state index in [-0.39, 0.29) is 23.4 Å². The van der Waals surface area contributed by atoms with E-state index in [2.05, 4.69) is 6.92 Å². The normalized spacial score (nSPS) is 12.6. The van der Waals surface area contributed by atoms with Gasteiger partial charge in [0.05, 0.1) is 5.41 Å². The minimum Gasteiger partial charge on any atom is -0.508 e. The molecule has 1 atom stereocenters. The molecule has 2 aromatic rings. The number of rotatable bonds is 6. The summed E-state index contributed by atoms with van der Waals surface area (Å²) in [5.41, 5.74) is 0.442. The first kappa shape index (κ1) is 17.9. The molecular formula is C20H24O4. The fourth-order valence-corrected chi connectivity index (χ4v) is 2.70. The molecule has 4 heteroatoms. The van der Waals surface area contributed by atoms with Crippen LogP contribution in [0.3, 0.4) is 0 Å². The number of benzene rings is 2. The van der Waals surface area contributed by atoms with Gasteiger partial charge in [0.25, 0.3) is 0 Å². The van der Waals surface area contributed by atoms with Crippen LogP contribution in [0.1, 0.15) is 45.1 Å². The fourth-order valence-electron chi connectivity index (χ4n) is 2.70. The van der Waals surface area contributed by atoms with Gasteiger partial charge in [-0.1, -0.05) is 19.1 Å². The molecule has 2 N–H and O–H groups in total. The standard InChI is InChI=1S/C20H24O4/c1-4-14(15-5-7-16(21)8-6-15)13-20(2,3)19(23)24-18-11-9-17(22)10-12-18/h5-12,14,21-22H,4,13H2,1-3H3. The lowest BCUT2D eigenvalue weighted by Crippen LogP contribution is -2.30. The highest BCUT2D eigenvalue weighted by Crippen LogP contribution is 2.35. The Balaban J connectivity index is 2.08. The molecule has 0 radical (unpaired) electrons. The van der Waals surface area contributed by atoms with Crippen molar-refractivity contribution in [2.75, 3.05) is 0 Å². The van der Waals surface area contributed by atoms with Crippen molar-refractivity contribution in [1.82, 2.24) is 0 Å². The van der Waals surface area contributed by atoms with Gasteiger partial charge < -0.3 is 14.9 Å². The van der Waals surface area contributed by atoms with E-state index in [1.165, 1.54) is 12.1 Å². The quantitative estimate of drug-likeness (QED) is 0.600. The molecule has 0 aliphatic rings. The number of hydrogen-bond acceptors (Lipinski definition) is 4. The molecule has 0 bridgehead atoms. The van der Waals surface area contributed by atoms with Gasteiger partial charge in [-0.25, -0.2) is 0 Å². The molecule has 0 aliphatic carbocycles. The molecule has 0 saturated heterocycles. The molecule has 0 amide bonds. The Morgan fingerprint density at radius 2 is 1.50 bits per heavy atom. The highest BCUT2D eigenvalue weighted by Gasteiger charge is 2.33. The largest absolute Gasteiger partial charge is 0.508 e. The Kier molecular flexibility index (Phi) is 5.50. The number of hydrogen-bond donors (Lipinski definition) is 2. The lowest BCUT2D eigenvalue weighted by molar-refractivity contribution is -0.144. The fraction of sp³-hybridized carbons (Fsp3) is 0.350. The monoisotopic (exact) mass is 328 g/mol. The minimum absolute atomic E-state index is 0.132. The second-order valence-electron chi connectivity index (χ2n) is 6.67. The first-order chi connectivity index (χ1) is 11.3. The van der Waals surface area contributed by atoms with Gasteiger partial charge in [0.1, 0.15) is 17.2 Å². The zero-order valence-electron chi connectivity index (χ0n) is 14.3. The van der Waals surface area contributed by atoms with Gasteiger partial charge in [-0.05, 0) is 74.6 Å². The number of phenolic OH excluding ortho intramolecular Hbond substituents is 2. The predicted octanol–water partition coefficient (Wildman–Crippen LogP) is 4.61. The van der Waals surface area contributed by atoms with Crippen molar-refractivity contribution in [3.63, 3.8) is 0 Å². The third-order valence-corrected chi connectivity index (χ3v) is 4.21. The average molecular weight is 328 g/mol. The first-order valence-corrected chi connectivity index (χ1v) is 8.12. The lowest BCUT2D eigenvalue weighted by Gasteiger charge is -2.27. The highest BCUT2D eigenvalue weighted by molar-refractivity contribution is 5.78. The summed E-state index contributed by atoms with van der Waals surface area (Å²) in [6, 6.07) is 13.2. The van der Waals surface area contributed by atoms with Crippen molar-refractivity contribution in [1.29, 1.82) is 0 Å². The van der Waals surface area contributed by atoms with E-state index in [0.717, 1.165) is 12.0 Å². The maximum atomic E-state index is 12.5. The molecule has 2 aromatic carbocycles. The molecule has 4 nitrogen and oxygen atoms in total. The topological polar surface area (TPSA) is 66.8 Å². The second-order valence-corrected chi connectivity index (χ2v) is 6.67. The van der Waals surface area contributed by atoms with Crippen molar-refractivity contribution in [3.05, 3.63) is 54.1 Å². The molecule has 0 aliphatic heterocycles.